The minimum absolute atomic E-state index is 0.177. The molecule has 1 amide bonds. The van der Waals surface area contributed by atoms with Crippen LogP contribution in [0.3, 0.4) is 0 Å². The van der Waals surface area contributed by atoms with Crippen molar-refractivity contribution in [2.45, 2.75) is 13.5 Å². The summed E-state index contributed by atoms with van der Waals surface area (Å²) in [6.45, 7) is 2.63. The lowest BCUT2D eigenvalue weighted by Crippen LogP contribution is -2.13. The topological polar surface area (TPSA) is 77.6 Å². The van der Waals surface area contributed by atoms with E-state index >= 15 is 0 Å². The zero-order chi connectivity index (χ0) is 21.4. The zero-order valence-electron chi connectivity index (χ0n) is 17.1. The molecule has 0 aliphatic rings. The first-order valence-electron chi connectivity index (χ1n) is 9.83. The highest BCUT2D eigenvalue weighted by Crippen LogP contribution is 2.29. The summed E-state index contributed by atoms with van der Waals surface area (Å²) in [6, 6.07) is 13.7. The number of nitrogens with zero attached hydrogens (tertiary/aromatic N) is 5. The van der Waals surface area contributed by atoms with Crippen molar-refractivity contribution in [1.29, 1.82) is 0 Å². The van der Waals surface area contributed by atoms with Crippen LogP contribution in [-0.2, 0) is 13.6 Å². The monoisotopic (exact) mass is 428 g/mol. The average molecular weight is 429 g/mol. The molecule has 5 rings (SSSR count). The van der Waals surface area contributed by atoms with Crippen molar-refractivity contribution in [3.05, 3.63) is 83.4 Å². The highest BCUT2D eigenvalue weighted by molar-refractivity contribution is 7.13. The van der Waals surface area contributed by atoms with Gasteiger partial charge in [0, 0.05) is 31.7 Å². The van der Waals surface area contributed by atoms with Gasteiger partial charge < -0.3 is 9.88 Å². The number of hydrogen-bond acceptors (Lipinski definition) is 5. The van der Waals surface area contributed by atoms with Crippen LogP contribution in [0.25, 0.3) is 21.6 Å². The van der Waals surface area contributed by atoms with Crippen LogP contribution < -0.4 is 5.32 Å². The minimum Gasteiger partial charge on any atom is -0.333 e. The normalized spacial score (nSPS) is 11.2. The van der Waals surface area contributed by atoms with Crippen LogP contribution in [0.4, 0.5) is 5.69 Å². The summed E-state index contributed by atoms with van der Waals surface area (Å²) in [5.74, 6) is -0.177. The number of fused-ring (bicyclic) bond motifs is 1. The molecule has 0 saturated carbocycles. The number of carbonyl (C=O) groups excluding carboxylic acids is 1. The number of rotatable bonds is 5. The Morgan fingerprint density at radius 3 is 2.74 bits per heavy atom. The van der Waals surface area contributed by atoms with E-state index in [1.165, 1.54) is 0 Å². The molecule has 0 bridgehead atoms. The summed E-state index contributed by atoms with van der Waals surface area (Å²) in [4.78, 5) is 23.1. The van der Waals surface area contributed by atoms with Crippen LogP contribution in [0, 0.1) is 6.92 Å². The van der Waals surface area contributed by atoms with Gasteiger partial charge in [0.15, 0.2) is 5.65 Å². The number of aromatic nitrogens is 5. The molecule has 7 nitrogen and oxygen atoms in total. The number of nitrogens with one attached hydrogen (secondary N) is 1. The second kappa shape index (κ2) is 7.81. The molecule has 4 aromatic heterocycles. The lowest BCUT2D eigenvalue weighted by Gasteiger charge is -2.10. The standard InChI is InChI=1S/C23H20N6OS/c1-15-21-18(12-19(20-4-3-11-31-20)26-22(21)28(2)27-15)23(30)25-17-7-5-16(6-8-17)13-29-10-9-24-14-29/h3-12,14H,13H2,1-2H3,(H,25,30). The Hall–Kier alpha value is -3.78. The Balaban J connectivity index is 1.46. The molecular formula is C23H20N6OS. The molecule has 0 unspecified atom stereocenters. The molecule has 0 aliphatic heterocycles. The van der Waals surface area contributed by atoms with Crippen LogP contribution in [-0.4, -0.2) is 30.2 Å². The lowest BCUT2D eigenvalue weighted by molar-refractivity contribution is 0.102. The predicted molar refractivity (Wildman–Crippen MR) is 122 cm³/mol. The second-order valence-electron chi connectivity index (χ2n) is 7.33. The maximum atomic E-state index is 13.3. The first-order chi connectivity index (χ1) is 15.1. The molecule has 8 heteroatoms. The van der Waals surface area contributed by atoms with Gasteiger partial charge >= 0.3 is 0 Å². The third-order valence-corrected chi connectivity index (χ3v) is 6.02. The van der Waals surface area contributed by atoms with Gasteiger partial charge in [0.1, 0.15) is 0 Å². The molecule has 0 atom stereocenters. The smallest absolute Gasteiger partial charge is 0.256 e. The molecule has 5 aromatic rings. The Morgan fingerprint density at radius 2 is 2.03 bits per heavy atom. The minimum atomic E-state index is -0.177. The molecule has 1 aromatic carbocycles. The number of imidazole rings is 1. The van der Waals surface area contributed by atoms with Crippen molar-refractivity contribution in [2.75, 3.05) is 5.32 Å². The molecular weight excluding hydrogens is 408 g/mol. The van der Waals surface area contributed by atoms with Crippen LogP contribution in [0.1, 0.15) is 21.6 Å². The van der Waals surface area contributed by atoms with E-state index in [0.29, 0.717) is 11.2 Å². The first-order valence-corrected chi connectivity index (χ1v) is 10.7. The molecule has 0 spiro atoms. The number of aryl methyl sites for hydroxylation is 2. The number of benzene rings is 1. The maximum absolute atomic E-state index is 13.3. The van der Waals surface area contributed by atoms with E-state index in [0.717, 1.165) is 39.4 Å². The van der Waals surface area contributed by atoms with E-state index in [1.54, 1.807) is 28.5 Å². The number of thiophene rings is 1. The average Bonchev–Trinajstić information content (AvgIpc) is 3.52. The quantitative estimate of drug-likeness (QED) is 0.447. The van der Waals surface area contributed by atoms with E-state index in [9.17, 15) is 4.79 Å². The van der Waals surface area contributed by atoms with Crippen LogP contribution in [0.15, 0.2) is 66.6 Å². The van der Waals surface area contributed by atoms with E-state index in [1.807, 2.05) is 72.6 Å². The number of amides is 1. The summed E-state index contributed by atoms with van der Waals surface area (Å²) >= 11 is 1.59. The van der Waals surface area contributed by atoms with Crippen molar-refractivity contribution >= 4 is 34.0 Å². The SMILES string of the molecule is Cc1nn(C)c2nc(-c3cccs3)cc(C(=O)Nc3ccc(Cn4ccnc4)cc3)c12. The van der Waals surface area contributed by atoms with E-state index in [2.05, 4.69) is 15.4 Å². The first kappa shape index (κ1) is 19.2. The molecule has 0 fully saturated rings. The van der Waals surface area contributed by atoms with Gasteiger partial charge in [0.05, 0.1) is 33.5 Å². The van der Waals surface area contributed by atoms with Crippen molar-refractivity contribution in [1.82, 2.24) is 24.3 Å². The zero-order valence-corrected chi connectivity index (χ0v) is 17.9. The third-order valence-electron chi connectivity index (χ3n) is 5.12. The van der Waals surface area contributed by atoms with Gasteiger partial charge in [-0.1, -0.05) is 18.2 Å². The Kier molecular flexibility index (Phi) is 4.83. The molecule has 0 aliphatic carbocycles. The van der Waals surface area contributed by atoms with E-state index in [4.69, 9.17) is 4.98 Å². The number of anilines is 1. The van der Waals surface area contributed by atoms with Crippen LogP contribution in [0.2, 0.25) is 0 Å². The molecule has 154 valence electrons. The fraction of sp³-hybridized carbons (Fsp3) is 0.130. The summed E-state index contributed by atoms with van der Waals surface area (Å²) < 4.78 is 3.72. The predicted octanol–water partition coefficient (Wildman–Crippen LogP) is 4.50. The number of hydrogen-bond donors (Lipinski definition) is 1. The molecule has 31 heavy (non-hydrogen) atoms. The van der Waals surface area contributed by atoms with Crippen LogP contribution >= 0.6 is 11.3 Å². The largest absolute Gasteiger partial charge is 0.333 e. The van der Waals surface area contributed by atoms with Crippen molar-refractivity contribution in [3.63, 3.8) is 0 Å². The van der Waals surface area contributed by atoms with E-state index < -0.39 is 0 Å². The summed E-state index contributed by atoms with van der Waals surface area (Å²) in [5.41, 5.74) is 4.69. The van der Waals surface area contributed by atoms with Gasteiger partial charge in [-0.05, 0) is 42.1 Å². The van der Waals surface area contributed by atoms with Crippen LogP contribution in [0.5, 0.6) is 0 Å². The fourth-order valence-electron chi connectivity index (χ4n) is 3.66. The molecule has 0 radical (unpaired) electrons. The lowest BCUT2D eigenvalue weighted by atomic mass is 10.1. The second-order valence-corrected chi connectivity index (χ2v) is 8.27. The highest BCUT2D eigenvalue weighted by atomic mass is 32.1. The van der Waals surface area contributed by atoms with Gasteiger partial charge in [-0.2, -0.15) is 5.10 Å². The van der Waals surface area contributed by atoms with Gasteiger partial charge in [-0.25, -0.2) is 9.97 Å². The van der Waals surface area contributed by atoms with Crippen molar-refractivity contribution in [3.8, 4) is 10.6 Å². The third kappa shape index (κ3) is 3.73. The fourth-order valence-corrected chi connectivity index (χ4v) is 4.34. The van der Waals surface area contributed by atoms with Gasteiger partial charge in [0.2, 0.25) is 0 Å². The molecule has 1 N–H and O–H groups in total. The van der Waals surface area contributed by atoms with Crippen molar-refractivity contribution in [2.24, 2.45) is 7.05 Å². The summed E-state index contributed by atoms with van der Waals surface area (Å²) in [5, 5.41) is 10.3. The Labute approximate surface area is 183 Å². The number of carbonyl (C=O) groups is 1. The summed E-state index contributed by atoms with van der Waals surface area (Å²) in [6.07, 6.45) is 5.46. The van der Waals surface area contributed by atoms with Gasteiger partial charge in [-0.3, -0.25) is 9.48 Å². The van der Waals surface area contributed by atoms with Gasteiger partial charge in [0.25, 0.3) is 5.91 Å². The Bertz CT molecular complexity index is 1350. The summed E-state index contributed by atoms with van der Waals surface area (Å²) in [7, 11) is 1.85. The van der Waals surface area contributed by atoms with Crippen molar-refractivity contribution < 1.29 is 4.79 Å². The highest BCUT2D eigenvalue weighted by Gasteiger charge is 2.19. The molecule has 0 saturated heterocycles. The maximum Gasteiger partial charge on any atom is 0.256 e. The molecule has 4 heterocycles. The number of pyridine rings is 1. The van der Waals surface area contributed by atoms with Gasteiger partial charge in [-0.15, -0.1) is 11.3 Å². The Morgan fingerprint density at radius 1 is 1.19 bits per heavy atom. The van der Waals surface area contributed by atoms with E-state index in [-0.39, 0.29) is 5.91 Å².